The van der Waals surface area contributed by atoms with Crippen LogP contribution in [0.2, 0.25) is 0 Å². The summed E-state index contributed by atoms with van der Waals surface area (Å²) in [5.74, 6) is -0.0354. The molecular weight excluding hydrogens is 455 g/mol. The predicted molar refractivity (Wildman–Crippen MR) is 119 cm³/mol. The summed E-state index contributed by atoms with van der Waals surface area (Å²) >= 11 is -0.239. The molecule has 0 spiro atoms. The molecule has 0 radical (unpaired) electrons. The summed E-state index contributed by atoms with van der Waals surface area (Å²) < 4.78 is 37.4. The van der Waals surface area contributed by atoms with Gasteiger partial charge >= 0.3 is 5.51 Å². The zero-order chi connectivity index (χ0) is 24.0. The number of nitrogens with one attached hydrogen (secondary N) is 1. The summed E-state index contributed by atoms with van der Waals surface area (Å²) in [5, 5.41) is 21.1. The lowest BCUT2D eigenvalue weighted by atomic mass is 10.0. The van der Waals surface area contributed by atoms with Gasteiger partial charge in [-0.05, 0) is 48.2 Å². The molecule has 1 aromatic carbocycles. The van der Waals surface area contributed by atoms with Gasteiger partial charge in [0.2, 0.25) is 0 Å². The molecule has 2 heterocycles. The average molecular weight is 473 g/mol. The van der Waals surface area contributed by atoms with E-state index in [1.54, 1.807) is 24.1 Å². The molecule has 11 heteroatoms. The second kappa shape index (κ2) is 10.3. The topological polar surface area (TPSA) is 102 Å². The third-order valence-electron chi connectivity index (χ3n) is 4.45. The molecule has 2 aromatic heterocycles. The summed E-state index contributed by atoms with van der Waals surface area (Å²) in [4.78, 5) is 22.9. The van der Waals surface area contributed by atoms with E-state index < -0.39 is 11.4 Å². The van der Waals surface area contributed by atoms with Crippen molar-refractivity contribution in [2.75, 3.05) is 30.4 Å². The highest BCUT2D eigenvalue weighted by molar-refractivity contribution is 8.00. The van der Waals surface area contributed by atoms with Crippen LogP contribution in [0, 0.1) is 11.3 Å². The molecule has 0 atom stereocenters. The van der Waals surface area contributed by atoms with E-state index >= 15 is 0 Å². The van der Waals surface area contributed by atoms with Gasteiger partial charge in [-0.1, -0.05) is 0 Å². The number of hydrogen-bond acceptors (Lipinski definition) is 7. The number of aliphatic hydroxyl groups excluding tert-OH is 1. The highest BCUT2D eigenvalue weighted by Gasteiger charge is 2.29. The summed E-state index contributed by atoms with van der Waals surface area (Å²) in [7, 11) is 1.73. The van der Waals surface area contributed by atoms with E-state index in [-0.39, 0.29) is 28.8 Å². The summed E-state index contributed by atoms with van der Waals surface area (Å²) in [5.41, 5.74) is -2.46. The Balaban J connectivity index is 1.90. The monoisotopic (exact) mass is 473 g/mol. The Hall–Kier alpha value is -3.62. The van der Waals surface area contributed by atoms with Gasteiger partial charge in [0.15, 0.2) is 0 Å². The van der Waals surface area contributed by atoms with Crippen molar-refractivity contribution in [1.29, 1.82) is 5.26 Å². The summed E-state index contributed by atoms with van der Waals surface area (Å²) in [6, 6.07) is 10.5. The van der Waals surface area contributed by atoms with Gasteiger partial charge in [0.25, 0.3) is 5.91 Å². The van der Waals surface area contributed by atoms with Crippen molar-refractivity contribution < 1.29 is 23.1 Å². The summed E-state index contributed by atoms with van der Waals surface area (Å²) in [6.45, 7) is 0.179. The molecule has 170 valence electrons. The Morgan fingerprint density at radius 3 is 2.58 bits per heavy atom. The molecule has 0 saturated carbocycles. The third-order valence-corrected chi connectivity index (χ3v) is 5.19. The Labute approximate surface area is 191 Å². The van der Waals surface area contributed by atoms with Gasteiger partial charge < -0.3 is 15.3 Å². The van der Waals surface area contributed by atoms with Crippen molar-refractivity contribution in [3.8, 4) is 17.2 Å². The van der Waals surface area contributed by atoms with Gasteiger partial charge in [-0.25, -0.2) is 4.98 Å². The predicted octanol–water partition coefficient (Wildman–Crippen LogP) is 4.31. The smallest absolute Gasteiger partial charge is 0.395 e. The van der Waals surface area contributed by atoms with Gasteiger partial charge in [-0.15, -0.1) is 0 Å². The largest absolute Gasteiger partial charge is 0.446 e. The SMILES string of the molecule is CN(CCO)c1ncc(C(=O)Nc2ccc(SC(F)(F)F)cc2)cc1-c1cncc(C#N)c1. The van der Waals surface area contributed by atoms with E-state index in [1.165, 1.54) is 42.9 Å². The van der Waals surface area contributed by atoms with Crippen LogP contribution < -0.4 is 10.2 Å². The van der Waals surface area contributed by atoms with E-state index in [1.807, 2.05) is 6.07 Å². The Bertz CT molecular complexity index is 1180. The van der Waals surface area contributed by atoms with E-state index in [9.17, 15) is 28.3 Å². The number of rotatable bonds is 7. The molecule has 3 rings (SSSR count). The maximum absolute atomic E-state index is 12.8. The first-order valence-electron chi connectivity index (χ1n) is 9.55. The number of carbonyl (C=O) groups is 1. The molecule has 0 bridgehead atoms. The maximum Gasteiger partial charge on any atom is 0.446 e. The number of hydrogen-bond donors (Lipinski definition) is 2. The number of anilines is 2. The van der Waals surface area contributed by atoms with Crippen LogP contribution in [0.1, 0.15) is 15.9 Å². The van der Waals surface area contributed by atoms with Crippen LogP contribution in [0.5, 0.6) is 0 Å². The Kier molecular flexibility index (Phi) is 7.52. The number of carbonyl (C=O) groups excluding carboxylic acids is 1. The molecule has 2 N–H and O–H groups in total. The molecule has 3 aromatic rings. The first kappa shape index (κ1) is 24.0. The quantitative estimate of drug-likeness (QED) is 0.493. The van der Waals surface area contributed by atoms with Crippen LogP contribution in [0.25, 0.3) is 11.1 Å². The van der Waals surface area contributed by atoms with Crippen molar-refractivity contribution in [3.05, 3.63) is 66.1 Å². The number of nitriles is 1. The number of aliphatic hydroxyl groups is 1. The lowest BCUT2D eigenvalue weighted by Gasteiger charge is -2.21. The molecule has 0 fully saturated rings. The van der Waals surface area contributed by atoms with Gasteiger partial charge in [-0.2, -0.15) is 18.4 Å². The van der Waals surface area contributed by atoms with E-state index in [0.717, 1.165) is 0 Å². The molecule has 0 unspecified atom stereocenters. The van der Waals surface area contributed by atoms with Crippen LogP contribution in [-0.4, -0.2) is 46.7 Å². The molecule has 0 aliphatic rings. The molecule has 0 aliphatic heterocycles. The number of benzene rings is 1. The van der Waals surface area contributed by atoms with Gasteiger partial charge in [0, 0.05) is 53.9 Å². The van der Waals surface area contributed by atoms with Crippen molar-refractivity contribution in [2.45, 2.75) is 10.4 Å². The van der Waals surface area contributed by atoms with Gasteiger partial charge in [0.05, 0.1) is 17.7 Å². The van der Waals surface area contributed by atoms with Crippen molar-refractivity contribution in [3.63, 3.8) is 0 Å². The minimum atomic E-state index is -4.39. The third kappa shape index (κ3) is 6.44. The highest BCUT2D eigenvalue weighted by atomic mass is 32.2. The number of pyridine rings is 2. The minimum Gasteiger partial charge on any atom is -0.395 e. The number of halogens is 3. The number of thioether (sulfide) groups is 1. The van der Waals surface area contributed by atoms with Crippen molar-refractivity contribution in [1.82, 2.24) is 9.97 Å². The zero-order valence-electron chi connectivity index (χ0n) is 17.3. The Morgan fingerprint density at radius 2 is 1.94 bits per heavy atom. The lowest BCUT2D eigenvalue weighted by Crippen LogP contribution is -2.23. The van der Waals surface area contributed by atoms with Gasteiger partial charge in [-0.3, -0.25) is 9.78 Å². The molecule has 1 amide bonds. The van der Waals surface area contributed by atoms with Crippen molar-refractivity contribution in [2.24, 2.45) is 0 Å². The maximum atomic E-state index is 12.8. The number of alkyl halides is 3. The molecule has 7 nitrogen and oxygen atoms in total. The number of amides is 1. The minimum absolute atomic E-state index is 0.00519. The standard InChI is InChI=1S/C22H18F3N5O2S/c1-30(6-7-31)20-19(15-8-14(10-26)11-27-12-15)9-16(13-28-20)21(32)29-17-2-4-18(5-3-17)33-22(23,24)25/h2-5,8-9,11-13,31H,6-7H2,1H3,(H,29,32). The zero-order valence-corrected chi connectivity index (χ0v) is 18.1. The molecule has 0 saturated heterocycles. The van der Waals surface area contributed by atoms with Crippen LogP contribution >= 0.6 is 11.8 Å². The average Bonchev–Trinajstić information content (AvgIpc) is 2.79. The molecule has 33 heavy (non-hydrogen) atoms. The van der Waals surface area contributed by atoms with Gasteiger partial charge in [0.1, 0.15) is 11.9 Å². The second-order valence-electron chi connectivity index (χ2n) is 6.84. The highest BCUT2D eigenvalue weighted by Crippen LogP contribution is 2.37. The first-order chi connectivity index (χ1) is 15.7. The summed E-state index contributed by atoms with van der Waals surface area (Å²) in [6.07, 6.45) is 4.30. The van der Waals surface area contributed by atoms with Crippen LogP contribution in [0.4, 0.5) is 24.7 Å². The first-order valence-corrected chi connectivity index (χ1v) is 10.4. The number of nitrogens with zero attached hydrogens (tertiary/aromatic N) is 4. The van der Waals surface area contributed by atoms with E-state index in [4.69, 9.17) is 0 Å². The second-order valence-corrected chi connectivity index (χ2v) is 7.98. The fourth-order valence-corrected chi connectivity index (χ4v) is 3.49. The molecule has 0 aliphatic carbocycles. The number of aromatic nitrogens is 2. The van der Waals surface area contributed by atoms with Crippen molar-refractivity contribution >= 4 is 29.2 Å². The van der Waals surface area contributed by atoms with Crippen LogP contribution in [-0.2, 0) is 0 Å². The van der Waals surface area contributed by atoms with E-state index in [0.29, 0.717) is 34.7 Å². The lowest BCUT2D eigenvalue weighted by molar-refractivity contribution is -0.0328. The Morgan fingerprint density at radius 1 is 1.21 bits per heavy atom. The van der Waals surface area contributed by atoms with E-state index in [2.05, 4.69) is 15.3 Å². The fraction of sp³-hybridized carbons (Fsp3) is 0.182. The molecular formula is C22H18F3N5O2S. The fourth-order valence-electron chi connectivity index (χ4n) is 2.95. The van der Waals surface area contributed by atoms with Crippen LogP contribution in [0.3, 0.4) is 0 Å². The number of likely N-dealkylation sites (N-methyl/N-ethyl adjacent to an activating group) is 1. The normalized spacial score (nSPS) is 11.0. The van der Waals surface area contributed by atoms with Crippen LogP contribution in [0.15, 0.2) is 59.9 Å².